The van der Waals surface area contributed by atoms with E-state index in [0.717, 1.165) is 53.4 Å². The van der Waals surface area contributed by atoms with Gasteiger partial charge in [0.1, 0.15) is 0 Å². The van der Waals surface area contributed by atoms with E-state index in [9.17, 15) is 9.59 Å². The molecule has 1 aliphatic carbocycles. The summed E-state index contributed by atoms with van der Waals surface area (Å²) in [6, 6.07) is 12.0. The van der Waals surface area contributed by atoms with Crippen LogP contribution in [0.3, 0.4) is 0 Å². The van der Waals surface area contributed by atoms with Gasteiger partial charge in [-0.1, -0.05) is 24.3 Å². The zero-order valence-corrected chi connectivity index (χ0v) is 19.0. The third-order valence-electron chi connectivity index (χ3n) is 6.34. The zero-order valence-electron chi connectivity index (χ0n) is 18.2. The second-order valence-electron chi connectivity index (χ2n) is 8.36. The first-order chi connectivity index (χ1) is 15.7. The fraction of sp³-hybridized carbons (Fsp3) is 0.346. The largest absolute Gasteiger partial charge is 0.466 e. The van der Waals surface area contributed by atoms with Crippen LogP contribution in [0.4, 0.5) is 0 Å². The number of pyridine rings is 1. The molecule has 0 bridgehead atoms. The molecule has 1 amide bonds. The van der Waals surface area contributed by atoms with Crippen LogP contribution < -0.4 is 0 Å². The van der Waals surface area contributed by atoms with Gasteiger partial charge in [0.15, 0.2) is 0 Å². The van der Waals surface area contributed by atoms with Gasteiger partial charge in [-0.25, -0.2) is 4.98 Å². The van der Waals surface area contributed by atoms with Crippen molar-refractivity contribution in [2.24, 2.45) is 5.92 Å². The molecule has 1 aromatic carbocycles. The Kier molecular flexibility index (Phi) is 5.79. The number of amides is 1. The van der Waals surface area contributed by atoms with Crippen molar-refractivity contribution in [1.82, 2.24) is 9.88 Å². The van der Waals surface area contributed by atoms with Crippen LogP contribution >= 0.6 is 11.3 Å². The fourth-order valence-corrected chi connectivity index (χ4v) is 5.52. The van der Waals surface area contributed by atoms with Crippen LogP contribution in [0.25, 0.3) is 22.6 Å². The van der Waals surface area contributed by atoms with Gasteiger partial charge in [-0.2, -0.15) is 0 Å². The lowest BCUT2D eigenvalue weighted by Crippen LogP contribution is -2.43. The maximum absolute atomic E-state index is 13.9. The van der Waals surface area contributed by atoms with E-state index in [0.29, 0.717) is 19.7 Å². The SMILES string of the molecule is CCOC(=O)C1CCCN(C(=O)c2c3c(nc4ccccc24)/C(=C/c2cccs2)CC3)C1. The van der Waals surface area contributed by atoms with Crippen molar-refractivity contribution in [2.75, 3.05) is 19.7 Å². The molecule has 1 aliphatic heterocycles. The summed E-state index contributed by atoms with van der Waals surface area (Å²) >= 11 is 1.71. The van der Waals surface area contributed by atoms with Crippen LogP contribution in [0.15, 0.2) is 41.8 Å². The number of fused-ring (bicyclic) bond motifs is 2. The highest BCUT2D eigenvalue weighted by atomic mass is 32.1. The number of likely N-dealkylation sites (tertiary alicyclic amines) is 1. The zero-order chi connectivity index (χ0) is 22.1. The fourth-order valence-electron chi connectivity index (χ4n) is 4.84. The number of piperidine rings is 1. The number of carbonyl (C=O) groups is 2. The number of hydrogen-bond donors (Lipinski definition) is 0. The summed E-state index contributed by atoms with van der Waals surface area (Å²) < 4.78 is 5.23. The molecule has 32 heavy (non-hydrogen) atoms. The standard InChI is InChI=1S/C26H26N2O3S/c1-2-31-26(30)18-7-5-13-28(16-18)25(29)23-20-9-3-4-10-22(20)27-24-17(11-12-21(23)24)15-19-8-6-14-32-19/h3-4,6,8-10,14-15,18H,2,5,7,11-13,16H2,1H3/b17-15+. The van der Waals surface area contributed by atoms with E-state index in [1.807, 2.05) is 42.2 Å². The quantitative estimate of drug-likeness (QED) is 0.517. The number of ether oxygens (including phenoxy) is 1. The number of hydrogen-bond acceptors (Lipinski definition) is 5. The topological polar surface area (TPSA) is 59.5 Å². The molecular weight excluding hydrogens is 420 g/mol. The number of allylic oxidation sites excluding steroid dienone is 1. The van der Waals surface area contributed by atoms with Crippen LogP contribution in [0.1, 0.15) is 52.7 Å². The number of benzene rings is 1. The highest BCUT2D eigenvalue weighted by molar-refractivity contribution is 7.10. The molecule has 1 fully saturated rings. The first-order valence-electron chi connectivity index (χ1n) is 11.3. The van der Waals surface area contributed by atoms with E-state index in [1.54, 1.807) is 11.3 Å². The average molecular weight is 447 g/mol. The average Bonchev–Trinajstić information content (AvgIpc) is 3.48. The van der Waals surface area contributed by atoms with Crippen molar-refractivity contribution in [2.45, 2.75) is 32.6 Å². The first-order valence-corrected chi connectivity index (χ1v) is 12.2. The number of thiophene rings is 1. The van der Waals surface area contributed by atoms with Crippen molar-refractivity contribution >= 4 is 45.8 Å². The lowest BCUT2D eigenvalue weighted by molar-refractivity contribution is -0.149. The molecular formula is C26H26N2O3S. The Balaban J connectivity index is 1.55. The molecule has 0 N–H and O–H groups in total. The molecule has 2 aliphatic rings. The number of esters is 1. The van der Waals surface area contributed by atoms with Crippen LogP contribution in [-0.2, 0) is 16.0 Å². The summed E-state index contributed by atoms with van der Waals surface area (Å²) in [6.45, 7) is 3.27. The maximum atomic E-state index is 13.9. The monoisotopic (exact) mass is 446 g/mol. The first kappa shape index (κ1) is 20.9. The van der Waals surface area contributed by atoms with E-state index in [1.165, 1.54) is 10.5 Å². The van der Waals surface area contributed by atoms with Crippen LogP contribution in [0, 0.1) is 5.92 Å². The molecule has 6 heteroatoms. The Morgan fingerprint density at radius 3 is 2.91 bits per heavy atom. The van der Waals surface area contributed by atoms with Crippen molar-refractivity contribution in [1.29, 1.82) is 0 Å². The smallest absolute Gasteiger partial charge is 0.310 e. The number of para-hydroxylation sites is 1. The second kappa shape index (κ2) is 8.87. The van der Waals surface area contributed by atoms with Gasteiger partial charge in [0.2, 0.25) is 0 Å². The summed E-state index contributed by atoms with van der Waals surface area (Å²) in [5.41, 5.74) is 4.76. The second-order valence-corrected chi connectivity index (χ2v) is 9.34. The van der Waals surface area contributed by atoms with E-state index < -0.39 is 0 Å². The Labute approximate surface area is 191 Å². The molecule has 3 aromatic rings. The summed E-state index contributed by atoms with van der Waals surface area (Å²) in [4.78, 5) is 34.2. The van der Waals surface area contributed by atoms with Gasteiger partial charge in [0, 0.05) is 23.4 Å². The minimum absolute atomic E-state index is 0.00576. The molecule has 2 aromatic heterocycles. The van der Waals surface area contributed by atoms with Crippen molar-refractivity contribution in [3.63, 3.8) is 0 Å². The van der Waals surface area contributed by atoms with Gasteiger partial charge in [-0.3, -0.25) is 9.59 Å². The van der Waals surface area contributed by atoms with Gasteiger partial charge in [0.05, 0.1) is 29.3 Å². The molecule has 1 saturated heterocycles. The van der Waals surface area contributed by atoms with E-state index in [4.69, 9.17) is 9.72 Å². The predicted octanol–water partition coefficient (Wildman–Crippen LogP) is 5.20. The van der Waals surface area contributed by atoms with Crippen LogP contribution in [-0.4, -0.2) is 41.5 Å². The Hall–Kier alpha value is -2.99. The maximum Gasteiger partial charge on any atom is 0.310 e. The van der Waals surface area contributed by atoms with Crippen molar-refractivity contribution < 1.29 is 14.3 Å². The third-order valence-corrected chi connectivity index (χ3v) is 7.16. The van der Waals surface area contributed by atoms with E-state index in [2.05, 4.69) is 17.5 Å². The molecule has 5 rings (SSSR count). The van der Waals surface area contributed by atoms with Gasteiger partial charge < -0.3 is 9.64 Å². The summed E-state index contributed by atoms with van der Waals surface area (Å²) in [5, 5.41) is 2.97. The lowest BCUT2D eigenvalue weighted by Gasteiger charge is -2.32. The lowest BCUT2D eigenvalue weighted by atomic mass is 9.95. The summed E-state index contributed by atoms with van der Waals surface area (Å²) in [6.07, 6.45) is 5.46. The molecule has 0 saturated carbocycles. The minimum Gasteiger partial charge on any atom is -0.466 e. The predicted molar refractivity (Wildman–Crippen MR) is 128 cm³/mol. The van der Waals surface area contributed by atoms with Crippen LogP contribution in [0.5, 0.6) is 0 Å². The molecule has 0 radical (unpaired) electrons. The van der Waals surface area contributed by atoms with Crippen molar-refractivity contribution in [3.8, 4) is 0 Å². The number of rotatable bonds is 4. The summed E-state index contributed by atoms with van der Waals surface area (Å²) in [7, 11) is 0. The normalized spacial score (nSPS) is 19.3. The third kappa shape index (κ3) is 3.84. The molecule has 1 atom stereocenters. The van der Waals surface area contributed by atoms with Crippen LogP contribution in [0.2, 0.25) is 0 Å². The molecule has 3 heterocycles. The molecule has 0 spiro atoms. The van der Waals surface area contributed by atoms with E-state index in [-0.39, 0.29) is 17.8 Å². The van der Waals surface area contributed by atoms with Gasteiger partial charge >= 0.3 is 5.97 Å². The number of carbonyl (C=O) groups excluding carboxylic acids is 2. The number of aromatic nitrogens is 1. The highest BCUT2D eigenvalue weighted by Crippen LogP contribution is 2.38. The Morgan fingerprint density at radius 2 is 2.09 bits per heavy atom. The summed E-state index contributed by atoms with van der Waals surface area (Å²) in [5.74, 6) is -0.440. The molecule has 1 unspecified atom stereocenters. The Bertz CT molecular complexity index is 1200. The van der Waals surface area contributed by atoms with Crippen molar-refractivity contribution in [3.05, 3.63) is 63.5 Å². The molecule has 5 nitrogen and oxygen atoms in total. The molecule has 164 valence electrons. The number of nitrogens with zero attached hydrogens (tertiary/aromatic N) is 2. The Morgan fingerprint density at radius 1 is 1.22 bits per heavy atom. The van der Waals surface area contributed by atoms with Gasteiger partial charge in [-0.15, -0.1) is 11.3 Å². The highest BCUT2D eigenvalue weighted by Gasteiger charge is 2.33. The van der Waals surface area contributed by atoms with Gasteiger partial charge in [-0.05, 0) is 67.3 Å². The van der Waals surface area contributed by atoms with Gasteiger partial charge in [0.25, 0.3) is 5.91 Å². The minimum atomic E-state index is -0.247. The van der Waals surface area contributed by atoms with E-state index >= 15 is 0 Å².